The van der Waals surface area contributed by atoms with Crippen LogP contribution in [-0.4, -0.2) is 29.1 Å². The number of carbonyl (C=O) groups is 1. The van der Waals surface area contributed by atoms with E-state index in [1.807, 2.05) is 0 Å². The van der Waals surface area contributed by atoms with Crippen LogP contribution in [0.4, 0.5) is 0 Å². The van der Waals surface area contributed by atoms with Crippen LogP contribution in [0.2, 0.25) is 0 Å². The monoisotopic (exact) mass is 336 g/mol. The van der Waals surface area contributed by atoms with Gasteiger partial charge in [-0.3, -0.25) is 4.79 Å². The van der Waals surface area contributed by atoms with Crippen LogP contribution in [-0.2, 0) is 10.3 Å². The Hall–Kier alpha value is -1.70. The van der Waals surface area contributed by atoms with Crippen LogP contribution in [0.3, 0.4) is 0 Å². The molecule has 0 radical (unpaired) electrons. The van der Waals surface area contributed by atoms with Gasteiger partial charge in [-0.05, 0) is 38.8 Å². The molecule has 0 saturated carbocycles. The average Bonchev–Trinajstić information content (AvgIpc) is 3.24. The quantitative estimate of drug-likeness (QED) is 0.876. The van der Waals surface area contributed by atoms with E-state index >= 15 is 0 Å². The van der Waals surface area contributed by atoms with Gasteiger partial charge in [0.2, 0.25) is 0 Å². The third kappa shape index (κ3) is 3.63. The van der Waals surface area contributed by atoms with Crippen molar-refractivity contribution in [2.45, 2.75) is 38.4 Å². The molecular weight excluding hydrogens is 316 g/mol. The molecule has 1 aliphatic heterocycles. The number of nitrogens with one attached hydrogen (secondary N) is 1. The molecule has 1 fully saturated rings. The van der Waals surface area contributed by atoms with Crippen molar-refractivity contribution in [3.05, 3.63) is 39.7 Å². The summed E-state index contributed by atoms with van der Waals surface area (Å²) in [6, 6.07) is 3.49. The Morgan fingerprint density at radius 2 is 2.39 bits per heavy atom. The molecule has 2 aromatic heterocycles. The van der Waals surface area contributed by atoms with E-state index in [1.165, 1.54) is 11.3 Å². The lowest BCUT2D eigenvalue weighted by molar-refractivity contribution is 0.0322. The first-order valence-electron chi connectivity index (χ1n) is 7.60. The second-order valence-corrected chi connectivity index (χ2v) is 6.83. The van der Waals surface area contributed by atoms with Crippen LogP contribution >= 0.6 is 11.3 Å². The van der Waals surface area contributed by atoms with E-state index in [0.29, 0.717) is 17.2 Å². The number of ether oxygens (including phenoxy) is 1. The van der Waals surface area contributed by atoms with E-state index in [-0.39, 0.29) is 18.6 Å². The molecule has 1 aliphatic rings. The highest BCUT2D eigenvalue weighted by Gasteiger charge is 2.28. The molecule has 1 saturated heterocycles. The Labute approximate surface area is 138 Å². The summed E-state index contributed by atoms with van der Waals surface area (Å²) in [5.74, 6) is 0.829. The molecule has 7 heteroatoms. The van der Waals surface area contributed by atoms with Crippen LogP contribution in [0.1, 0.15) is 52.9 Å². The molecule has 0 spiro atoms. The van der Waals surface area contributed by atoms with Gasteiger partial charge in [0, 0.05) is 12.0 Å². The van der Waals surface area contributed by atoms with E-state index in [2.05, 4.69) is 10.3 Å². The molecule has 124 valence electrons. The molecule has 3 heterocycles. The SMILES string of the molecule is Cc1ccc(C(C)(O)CNC(=O)c2csc(C3CCCO3)n2)o1. The van der Waals surface area contributed by atoms with Crippen molar-refractivity contribution in [1.82, 2.24) is 10.3 Å². The summed E-state index contributed by atoms with van der Waals surface area (Å²) in [6.45, 7) is 4.20. The van der Waals surface area contributed by atoms with Crippen LogP contribution in [0.15, 0.2) is 21.9 Å². The number of thiazole rings is 1. The zero-order chi connectivity index (χ0) is 16.4. The van der Waals surface area contributed by atoms with Gasteiger partial charge in [0.05, 0.1) is 6.54 Å². The summed E-state index contributed by atoms with van der Waals surface area (Å²) < 4.78 is 11.0. The summed E-state index contributed by atoms with van der Waals surface area (Å²) in [4.78, 5) is 16.6. The minimum Gasteiger partial charge on any atom is -0.463 e. The van der Waals surface area contributed by atoms with Gasteiger partial charge < -0.3 is 19.6 Å². The number of furan rings is 1. The van der Waals surface area contributed by atoms with Gasteiger partial charge in [-0.15, -0.1) is 11.3 Å². The molecule has 23 heavy (non-hydrogen) atoms. The predicted molar refractivity (Wildman–Crippen MR) is 85.4 cm³/mol. The molecule has 0 aliphatic carbocycles. The molecule has 2 atom stereocenters. The predicted octanol–water partition coefficient (Wildman–Crippen LogP) is 2.53. The number of aliphatic hydroxyl groups is 1. The first-order valence-corrected chi connectivity index (χ1v) is 8.48. The van der Waals surface area contributed by atoms with Gasteiger partial charge in [-0.1, -0.05) is 0 Å². The fourth-order valence-electron chi connectivity index (χ4n) is 2.47. The summed E-state index contributed by atoms with van der Waals surface area (Å²) in [5.41, 5.74) is -0.913. The second kappa shape index (κ2) is 6.43. The Balaban J connectivity index is 1.60. The maximum atomic E-state index is 12.2. The lowest BCUT2D eigenvalue weighted by Crippen LogP contribution is -2.38. The number of hydrogen-bond acceptors (Lipinski definition) is 6. The van der Waals surface area contributed by atoms with Gasteiger partial charge in [0.1, 0.15) is 33.9 Å². The van der Waals surface area contributed by atoms with Crippen molar-refractivity contribution in [1.29, 1.82) is 0 Å². The smallest absolute Gasteiger partial charge is 0.270 e. The number of aromatic nitrogens is 1. The van der Waals surface area contributed by atoms with Crippen molar-refractivity contribution < 1.29 is 19.1 Å². The third-order valence-corrected chi connectivity index (χ3v) is 4.76. The Bertz CT molecular complexity index is 686. The van der Waals surface area contributed by atoms with Gasteiger partial charge >= 0.3 is 0 Å². The first-order chi connectivity index (χ1) is 11.0. The van der Waals surface area contributed by atoms with Crippen LogP contribution in [0.5, 0.6) is 0 Å². The lowest BCUT2D eigenvalue weighted by atomic mass is 10.0. The zero-order valence-corrected chi connectivity index (χ0v) is 14.0. The lowest BCUT2D eigenvalue weighted by Gasteiger charge is -2.20. The highest BCUT2D eigenvalue weighted by Crippen LogP contribution is 2.30. The van der Waals surface area contributed by atoms with E-state index < -0.39 is 5.60 Å². The second-order valence-electron chi connectivity index (χ2n) is 5.94. The minimum absolute atomic E-state index is 0.00996. The third-order valence-electron chi connectivity index (χ3n) is 3.82. The van der Waals surface area contributed by atoms with Crippen LogP contribution in [0.25, 0.3) is 0 Å². The Morgan fingerprint density at radius 1 is 1.57 bits per heavy atom. The molecule has 0 bridgehead atoms. The number of rotatable bonds is 5. The van der Waals surface area contributed by atoms with E-state index in [1.54, 1.807) is 31.4 Å². The molecule has 1 amide bonds. The Kier molecular flexibility index (Phi) is 4.52. The average molecular weight is 336 g/mol. The molecule has 2 aromatic rings. The summed E-state index contributed by atoms with van der Waals surface area (Å²) in [5, 5.41) is 15.7. The number of nitrogens with zero attached hydrogens (tertiary/aromatic N) is 1. The molecule has 2 unspecified atom stereocenters. The highest BCUT2D eigenvalue weighted by atomic mass is 32.1. The standard InChI is InChI=1S/C16H20N2O4S/c1-10-5-6-13(22-10)16(2,20)9-17-14(19)11-8-23-15(18-11)12-4-3-7-21-12/h5-6,8,12,20H,3-4,7,9H2,1-2H3,(H,17,19). The van der Waals surface area contributed by atoms with E-state index in [4.69, 9.17) is 9.15 Å². The molecule has 2 N–H and O–H groups in total. The summed E-state index contributed by atoms with van der Waals surface area (Å²) >= 11 is 1.43. The van der Waals surface area contributed by atoms with Crippen molar-refractivity contribution in [2.24, 2.45) is 0 Å². The van der Waals surface area contributed by atoms with Gasteiger partial charge in [-0.25, -0.2) is 4.98 Å². The van der Waals surface area contributed by atoms with Gasteiger partial charge in [0.15, 0.2) is 0 Å². The maximum Gasteiger partial charge on any atom is 0.270 e. The Morgan fingerprint density at radius 3 is 3.04 bits per heavy atom. The molecule has 6 nitrogen and oxygen atoms in total. The summed E-state index contributed by atoms with van der Waals surface area (Å²) in [7, 11) is 0. The van der Waals surface area contributed by atoms with Gasteiger partial charge in [0.25, 0.3) is 5.91 Å². The number of carbonyl (C=O) groups excluding carboxylic acids is 1. The minimum atomic E-state index is -1.27. The van der Waals surface area contributed by atoms with Crippen molar-refractivity contribution in [2.75, 3.05) is 13.2 Å². The highest BCUT2D eigenvalue weighted by molar-refractivity contribution is 7.09. The number of amides is 1. The van der Waals surface area contributed by atoms with Crippen molar-refractivity contribution in [3.8, 4) is 0 Å². The van der Waals surface area contributed by atoms with Gasteiger partial charge in [-0.2, -0.15) is 0 Å². The molecule has 0 aromatic carbocycles. The fraction of sp³-hybridized carbons (Fsp3) is 0.500. The normalized spacial score (nSPS) is 20.4. The first kappa shape index (κ1) is 16.2. The number of aryl methyl sites for hydroxylation is 1. The van der Waals surface area contributed by atoms with Crippen LogP contribution in [0, 0.1) is 6.92 Å². The summed E-state index contributed by atoms with van der Waals surface area (Å²) in [6.07, 6.45) is 1.98. The molecular formula is C16H20N2O4S. The topological polar surface area (TPSA) is 84.6 Å². The van der Waals surface area contributed by atoms with Crippen molar-refractivity contribution in [3.63, 3.8) is 0 Å². The van der Waals surface area contributed by atoms with Crippen LogP contribution < -0.4 is 5.32 Å². The van der Waals surface area contributed by atoms with E-state index in [0.717, 1.165) is 24.5 Å². The fourth-order valence-corrected chi connectivity index (χ4v) is 3.35. The van der Waals surface area contributed by atoms with Crippen molar-refractivity contribution >= 4 is 17.2 Å². The number of hydrogen-bond donors (Lipinski definition) is 2. The van der Waals surface area contributed by atoms with E-state index in [9.17, 15) is 9.90 Å². The maximum absolute atomic E-state index is 12.2. The largest absolute Gasteiger partial charge is 0.463 e. The molecule has 3 rings (SSSR count). The zero-order valence-electron chi connectivity index (χ0n) is 13.2.